The third-order valence-electron chi connectivity index (χ3n) is 5.05. The zero-order valence-electron chi connectivity index (χ0n) is 16.5. The van der Waals surface area contributed by atoms with Gasteiger partial charge in [0.05, 0.1) is 22.6 Å². The van der Waals surface area contributed by atoms with Crippen LogP contribution >= 0.6 is 0 Å². The van der Waals surface area contributed by atoms with Gasteiger partial charge in [0.2, 0.25) is 0 Å². The van der Waals surface area contributed by atoms with E-state index in [2.05, 4.69) is 20.2 Å². The number of piperazine rings is 1. The molecule has 31 heavy (non-hydrogen) atoms. The summed E-state index contributed by atoms with van der Waals surface area (Å²) in [6.07, 6.45) is -0.0901. The van der Waals surface area contributed by atoms with E-state index in [0.717, 1.165) is 17.8 Å². The number of carbonyl (C=O) groups is 1. The second-order valence-electron chi connectivity index (χ2n) is 7.14. The van der Waals surface area contributed by atoms with E-state index in [4.69, 9.17) is 4.42 Å². The smallest absolute Gasteiger partial charge is 0.416 e. The first kappa shape index (κ1) is 20.9. The predicted octanol–water partition coefficient (Wildman–Crippen LogP) is 3.66. The van der Waals surface area contributed by atoms with Gasteiger partial charge in [0.25, 0.3) is 5.91 Å². The van der Waals surface area contributed by atoms with Gasteiger partial charge < -0.3 is 14.6 Å². The van der Waals surface area contributed by atoms with E-state index in [-0.39, 0.29) is 11.4 Å². The molecule has 3 heterocycles. The third-order valence-corrected chi connectivity index (χ3v) is 5.05. The van der Waals surface area contributed by atoms with Crippen LogP contribution in [0.1, 0.15) is 21.7 Å². The Hall–Kier alpha value is -3.40. The predicted molar refractivity (Wildman–Crippen MR) is 108 cm³/mol. The van der Waals surface area contributed by atoms with Crippen LogP contribution in [-0.4, -0.2) is 47.0 Å². The molecule has 0 saturated carbocycles. The number of anilines is 2. The first-order valence-corrected chi connectivity index (χ1v) is 9.68. The summed E-state index contributed by atoms with van der Waals surface area (Å²) in [5.41, 5.74) is 0.778. The summed E-state index contributed by atoms with van der Waals surface area (Å²) in [6, 6.07) is 8.22. The van der Waals surface area contributed by atoms with Crippen LogP contribution in [-0.2, 0) is 12.7 Å². The molecule has 3 aromatic rings. The molecule has 1 saturated heterocycles. The molecule has 0 aliphatic carbocycles. The van der Waals surface area contributed by atoms with Gasteiger partial charge in [-0.15, -0.1) is 0 Å². The van der Waals surface area contributed by atoms with Crippen molar-refractivity contribution in [2.24, 2.45) is 0 Å². The van der Waals surface area contributed by atoms with Gasteiger partial charge in [0.15, 0.2) is 6.39 Å². The highest BCUT2D eigenvalue weighted by atomic mass is 19.4. The molecule has 0 radical (unpaired) electrons. The molecule has 162 valence electrons. The summed E-state index contributed by atoms with van der Waals surface area (Å²) < 4.78 is 44.8. The maximum atomic E-state index is 13.3. The Kier molecular flexibility index (Phi) is 5.90. The molecule has 1 fully saturated rings. The number of aromatic nitrogens is 2. The lowest BCUT2D eigenvalue weighted by atomic mass is 10.1. The number of carbonyl (C=O) groups excluding carboxylic acids is 1. The topological polar surface area (TPSA) is 74.5 Å². The molecule has 1 amide bonds. The van der Waals surface area contributed by atoms with E-state index >= 15 is 0 Å². The number of nitrogens with zero attached hydrogens (tertiary/aromatic N) is 4. The van der Waals surface area contributed by atoms with Crippen molar-refractivity contribution in [3.8, 4) is 0 Å². The van der Waals surface area contributed by atoms with Crippen LogP contribution in [0.2, 0.25) is 0 Å². The maximum absolute atomic E-state index is 13.3. The number of halogens is 3. The largest absolute Gasteiger partial charge is 0.451 e. The lowest BCUT2D eigenvalue weighted by Crippen LogP contribution is -2.46. The van der Waals surface area contributed by atoms with Gasteiger partial charge in [-0.2, -0.15) is 13.2 Å². The molecule has 1 N–H and O–H groups in total. The highest BCUT2D eigenvalue weighted by molar-refractivity contribution is 6.04. The monoisotopic (exact) mass is 431 g/mol. The van der Waals surface area contributed by atoms with Crippen molar-refractivity contribution in [2.75, 3.05) is 36.4 Å². The Labute approximate surface area is 176 Å². The number of rotatable bonds is 5. The van der Waals surface area contributed by atoms with E-state index < -0.39 is 17.6 Å². The highest BCUT2D eigenvalue weighted by Gasteiger charge is 2.32. The minimum absolute atomic E-state index is 0.107. The van der Waals surface area contributed by atoms with Crippen molar-refractivity contribution in [2.45, 2.75) is 12.7 Å². The lowest BCUT2D eigenvalue weighted by Gasteiger charge is -2.36. The fourth-order valence-corrected chi connectivity index (χ4v) is 3.46. The quantitative estimate of drug-likeness (QED) is 0.665. The minimum atomic E-state index is -4.51. The Bertz CT molecular complexity index is 1020. The molecule has 1 aromatic carbocycles. The van der Waals surface area contributed by atoms with Crippen LogP contribution in [0.15, 0.2) is 59.7 Å². The number of nitrogens with one attached hydrogen (secondary N) is 1. The number of benzene rings is 1. The molecule has 10 heteroatoms. The van der Waals surface area contributed by atoms with Crippen molar-refractivity contribution in [1.29, 1.82) is 0 Å². The molecule has 1 aliphatic heterocycles. The van der Waals surface area contributed by atoms with Crippen LogP contribution in [0.5, 0.6) is 0 Å². The van der Waals surface area contributed by atoms with Gasteiger partial charge in [-0.25, -0.2) is 4.98 Å². The highest BCUT2D eigenvalue weighted by Crippen LogP contribution is 2.36. The van der Waals surface area contributed by atoms with E-state index in [1.807, 2.05) is 4.90 Å². The van der Waals surface area contributed by atoms with Crippen molar-refractivity contribution in [3.63, 3.8) is 0 Å². The number of amides is 1. The van der Waals surface area contributed by atoms with Gasteiger partial charge in [0, 0.05) is 38.9 Å². The summed E-state index contributed by atoms with van der Waals surface area (Å²) in [6.45, 7) is 3.22. The first-order chi connectivity index (χ1) is 14.9. The van der Waals surface area contributed by atoms with E-state index in [1.54, 1.807) is 18.4 Å². The van der Waals surface area contributed by atoms with E-state index in [0.29, 0.717) is 38.4 Å². The number of hydrogen-bond acceptors (Lipinski definition) is 6. The van der Waals surface area contributed by atoms with Crippen LogP contribution in [0.4, 0.5) is 24.5 Å². The summed E-state index contributed by atoms with van der Waals surface area (Å²) >= 11 is 0. The first-order valence-electron chi connectivity index (χ1n) is 9.68. The number of pyridine rings is 1. The zero-order valence-corrected chi connectivity index (χ0v) is 16.5. The summed E-state index contributed by atoms with van der Waals surface area (Å²) in [5, 5.41) is 2.61. The number of oxazole rings is 1. The van der Waals surface area contributed by atoms with Gasteiger partial charge in [-0.05, 0) is 30.3 Å². The van der Waals surface area contributed by atoms with Crippen LogP contribution in [0.25, 0.3) is 0 Å². The number of alkyl halides is 3. The van der Waals surface area contributed by atoms with Crippen LogP contribution < -0.4 is 10.2 Å². The summed E-state index contributed by atoms with van der Waals surface area (Å²) in [7, 11) is 0. The average molecular weight is 431 g/mol. The molecular weight excluding hydrogens is 411 g/mol. The fraction of sp³-hybridized carbons (Fsp3) is 0.286. The summed E-state index contributed by atoms with van der Waals surface area (Å²) in [5.74, 6) is -0.564. The Balaban J connectivity index is 1.53. The molecule has 7 nitrogen and oxygen atoms in total. The van der Waals surface area contributed by atoms with E-state index in [1.165, 1.54) is 24.7 Å². The molecule has 4 rings (SSSR count). The summed E-state index contributed by atoms with van der Waals surface area (Å²) in [4.78, 5) is 24.8. The van der Waals surface area contributed by atoms with E-state index in [9.17, 15) is 18.0 Å². The fourth-order valence-electron chi connectivity index (χ4n) is 3.46. The van der Waals surface area contributed by atoms with Crippen LogP contribution in [0, 0.1) is 0 Å². The Morgan fingerprint density at radius 2 is 1.90 bits per heavy atom. The van der Waals surface area contributed by atoms with Crippen molar-refractivity contribution >= 4 is 17.3 Å². The second kappa shape index (κ2) is 8.76. The molecule has 1 aliphatic rings. The Morgan fingerprint density at radius 1 is 1.10 bits per heavy atom. The Morgan fingerprint density at radius 3 is 2.55 bits per heavy atom. The molecule has 0 spiro atoms. The number of hydrogen-bond donors (Lipinski definition) is 1. The molecule has 0 unspecified atom stereocenters. The standard InChI is InChI=1S/C21H20F3N5O2/c22-21(23,24)15-4-5-19(18(11-15)27-20(30)17-3-1-2-6-25-17)29-9-7-28(8-10-29)12-16-13-31-14-26-16/h1-6,11,13-14H,7-10,12H2,(H,27,30). The minimum Gasteiger partial charge on any atom is -0.451 e. The van der Waals surface area contributed by atoms with Gasteiger partial charge >= 0.3 is 6.18 Å². The molecule has 2 aromatic heterocycles. The normalized spacial score (nSPS) is 15.1. The maximum Gasteiger partial charge on any atom is 0.416 e. The van der Waals surface area contributed by atoms with Gasteiger partial charge in [-0.1, -0.05) is 6.07 Å². The second-order valence-corrected chi connectivity index (χ2v) is 7.14. The van der Waals surface area contributed by atoms with Crippen molar-refractivity contribution < 1.29 is 22.4 Å². The molecular formula is C21H20F3N5O2. The van der Waals surface area contributed by atoms with Crippen LogP contribution in [0.3, 0.4) is 0 Å². The SMILES string of the molecule is O=C(Nc1cc(C(F)(F)F)ccc1N1CCN(Cc2cocn2)CC1)c1ccccn1. The third kappa shape index (κ3) is 5.02. The lowest BCUT2D eigenvalue weighted by molar-refractivity contribution is -0.137. The zero-order chi connectivity index (χ0) is 21.8. The molecule has 0 atom stereocenters. The van der Waals surface area contributed by atoms with Gasteiger partial charge in [0.1, 0.15) is 12.0 Å². The van der Waals surface area contributed by atoms with Crippen molar-refractivity contribution in [1.82, 2.24) is 14.9 Å². The van der Waals surface area contributed by atoms with Crippen molar-refractivity contribution in [3.05, 3.63) is 72.2 Å². The average Bonchev–Trinajstić information content (AvgIpc) is 3.27. The molecule has 0 bridgehead atoms. The van der Waals surface area contributed by atoms with Gasteiger partial charge in [-0.3, -0.25) is 14.7 Å².